The van der Waals surface area contributed by atoms with Gasteiger partial charge in [-0.1, -0.05) is 24.3 Å². The lowest BCUT2D eigenvalue weighted by Crippen LogP contribution is -2.38. The molecule has 2 aliphatic carbocycles. The number of aliphatic hydroxyl groups is 1. The summed E-state index contributed by atoms with van der Waals surface area (Å²) in [7, 11) is 3.62. The van der Waals surface area contributed by atoms with Gasteiger partial charge in [-0.15, -0.1) is 0 Å². The van der Waals surface area contributed by atoms with E-state index in [1.807, 2.05) is 37.1 Å². The second kappa shape index (κ2) is 7.16. The predicted octanol–water partition coefficient (Wildman–Crippen LogP) is 3.96. The zero-order chi connectivity index (χ0) is 19.1. The van der Waals surface area contributed by atoms with Crippen LogP contribution < -0.4 is 4.74 Å². The van der Waals surface area contributed by atoms with Gasteiger partial charge in [0.2, 0.25) is 5.91 Å². The molecule has 2 aromatic carbocycles. The summed E-state index contributed by atoms with van der Waals surface area (Å²) in [5.41, 5.74) is 1.05. The summed E-state index contributed by atoms with van der Waals surface area (Å²) in [6.07, 6.45) is 3.76. The molecular formula is C23H29NO3. The average Bonchev–Trinajstić information content (AvgIpc) is 3.22. The number of likely N-dealkylation sites (N-methyl/N-ethyl adjacent to an activating group) is 1. The quantitative estimate of drug-likeness (QED) is 0.890. The Morgan fingerprint density at radius 1 is 1.07 bits per heavy atom. The van der Waals surface area contributed by atoms with E-state index >= 15 is 0 Å². The number of hydrogen-bond acceptors (Lipinski definition) is 3. The van der Waals surface area contributed by atoms with Crippen molar-refractivity contribution in [3.8, 4) is 5.75 Å². The van der Waals surface area contributed by atoms with Crippen molar-refractivity contribution in [1.82, 2.24) is 4.90 Å². The summed E-state index contributed by atoms with van der Waals surface area (Å²) in [4.78, 5) is 15.1. The van der Waals surface area contributed by atoms with Crippen molar-refractivity contribution in [3.63, 3.8) is 0 Å². The Kier molecular flexibility index (Phi) is 4.85. The lowest BCUT2D eigenvalue weighted by molar-refractivity contribution is -0.133. The molecule has 4 nitrogen and oxygen atoms in total. The largest absolute Gasteiger partial charge is 0.497 e. The molecule has 144 valence electrons. The smallest absolute Gasteiger partial charge is 0.229 e. The van der Waals surface area contributed by atoms with Gasteiger partial charge in [0, 0.05) is 13.1 Å². The average molecular weight is 367 g/mol. The number of benzene rings is 2. The number of aliphatic hydroxyl groups excluding tert-OH is 1. The topological polar surface area (TPSA) is 49.8 Å². The molecule has 2 aromatic rings. The van der Waals surface area contributed by atoms with E-state index in [4.69, 9.17) is 4.74 Å². The highest BCUT2D eigenvalue weighted by Gasteiger charge is 2.43. The monoisotopic (exact) mass is 367 g/mol. The first-order valence-corrected chi connectivity index (χ1v) is 9.98. The van der Waals surface area contributed by atoms with E-state index in [9.17, 15) is 9.90 Å². The normalized spacial score (nSPS) is 28.1. The minimum absolute atomic E-state index is 0.128. The van der Waals surface area contributed by atoms with Gasteiger partial charge in [-0.3, -0.25) is 4.79 Å². The molecule has 0 aromatic heterocycles. The van der Waals surface area contributed by atoms with Gasteiger partial charge in [-0.05, 0) is 72.9 Å². The summed E-state index contributed by atoms with van der Waals surface area (Å²) in [5.74, 6) is 2.05. The molecule has 2 saturated carbocycles. The Bertz CT molecular complexity index is 835. The zero-order valence-corrected chi connectivity index (χ0v) is 16.4. The van der Waals surface area contributed by atoms with Gasteiger partial charge in [0.15, 0.2) is 0 Å². The standard InChI is InChI=1S/C23H29NO3/c1-14(15-4-5-17-13-22(27-3)7-6-16(17)8-15)23(26)24(2)20-9-18-11-21(25)12-19(18)10-20/h4-8,13-14,18-21,25H,9-12H2,1-3H3/t14-,18-,19+,20?,21?/m0/s1. The highest BCUT2D eigenvalue weighted by atomic mass is 16.5. The van der Waals surface area contributed by atoms with Crippen molar-refractivity contribution in [2.24, 2.45) is 11.8 Å². The Morgan fingerprint density at radius 3 is 2.37 bits per heavy atom. The summed E-state index contributed by atoms with van der Waals surface area (Å²) < 4.78 is 5.29. The maximum absolute atomic E-state index is 13.1. The Morgan fingerprint density at radius 2 is 1.70 bits per heavy atom. The lowest BCUT2D eigenvalue weighted by Gasteiger charge is -2.28. The molecule has 0 radical (unpaired) electrons. The second-order valence-corrected chi connectivity index (χ2v) is 8.41. The molecule has 1 amide bonds. The van der Waals surface area contributed by atoms with Crippen LogP contribution in [0.2, 0.25) is 0 Å². The van der Waals surface area contributed by atoms with E-state index in [1.165, 1.54) is 0 Å². The molecule has 0 heterocycles. The van der Waals surface area contributed by atoms with Crippen molar-refractivity contribution < 1.29 is 14.6 Å². The van der Waals surface area contributed by atoms with Crippen molar-refractivity contribution >= 4 is 16.7 Å². The van der Waals surface area contributed by atoms with Crippen molar-refractivity contribution in [1.29, 1.82) is 0 Å². The molecule has 0 spiro atoms. The van der Waals surface area contributed by atoms with Crippen LogP contribution in [-0.4, -0.2) is 42.2 Å². The molecule has 1 N–H and O–H groups in total. The van der Waals surface area contributed by atoms with Crippen molar-refractivity contribution in [2.45, 2.75) is 50.7 Å². The number of fused-ring (bicyclic) bond motifs is 2. The summed E-state index contributed by atoms with van der Waals surface area (Å²) in [5, 5.41) is 12.1. The van der Waals surface area contributed by atoms with Crippen LogP contribution in [0.3, 0.4) is 0 Å². The fraction of sp³-hybridized carbons (Fsp3) is 0.522. The second-order valence-electron chi connectivity index (χ2n) is 8.41. The van der Waals surface area contributed by atoms with Crippen LogP contribution in [0.15, 0.2) is 36.4 Å². The number of rotatable bonds is 4. The molecule has 2 unspecified atom stereocenters. The number of methoxy groups -OCH3 is 1. The first kappa shape index (κ1) is 18.3. The van der Waals surface area contributed by atoms with Gasteiger partial charge in [-0.2, -0.15) is 0 Å². The molecule has 0 saturated heterocycles. The van der Waals surface area contributed by atoms with Crippen LogP contribution >= 0.6 is 0 Å². The highest BCUT2D eigenvalue weighted by Crippen LogP contribution is 2.45. The maximum atomic E-state index is 13.1. The molecule has 0 aliphatic heterocycles. The fourth-order valence-electron chi connectivity index (χ4n) is 5.14. The number of carbonyl (C=O) groups excluding carboxylic acids is 1. The van der Waals surface area contributed by atoms with Crippen LogP contribution in [-0.2, 0) is 4.79 Å². The number of hydrogen-bond donors (Lipinski definition) is 1. The van der Waals surface area contributed by atoms with E-state index in [2.05, 4.69) is 18.2 Å². The minimum Gasteiger partial charge on any atom is -0.497 e. The minimum atomic E-state index is -0.160. The van der Waals surface area contributed by atoms with Gasteiger partial charge in [0.1, 0.15) is 5.75 Å². The van der Waals surface area contributed by atoms with E-state index in [1.54, 1.807) is 7.11 Å². The van der Waals surface area contributed by atoms with Gasteiger partial charge >= 0.3 is 0 Å². The highest BCUT2D eigenvalue weighted by molar-refractivity contribution is 5.88. The van der Waals surface area contributed by atoms with Crippen molar-refractivity contribution in [3.05, 3.63) is 42.0 Å². The molecule has 5 atom stereocenters. The first-order valence-electron chi connectivity index (χ1n) is 9.98. The van der Waals surface area contributed by atoms with E-state index < -0.39 is 0 Å². The third-order valence-corrected chi connectivity index (χ3v) is 6.80. The SMILES string of the molecule is COc1ccc2cc([C@H](C)C(=O)N(C)C3C[C@H]4CC(O)C[C@H]4C3)ccc2c1. The van der Waals surface area contributed by atoms with Gasteiger partial charge in [-0.25, -0.2) is 0 Å². The van der Waals surface area contributed by atoms with Crippen LogP contribution in [0.25, 0.3) is 10.8 Å². The Balaban J connectivity index is 1.48. The molecule has 4 heteroatoms. The number of nitrogens with zero attached hydrogens (tertiary/aromatic N) is 1. The Hall–Kier alpha value is -2.07. The first-order chi connectivity index (χ1) is 13.0. The number of ether oxygens (including phenoxy) is 1. The van der Waals surface area contributed by atoms with Crippen molar-refractivity contribution in [2.75, 3.05) is 14.2 Å². The molecular weight excluding hydrogens is 338 g/mol. The molecule has 2 aliphatic rings. The lowest BCUT2D eigenvalue weighted by atomic mass is 9.95. The van der Waals surface area contributed by atoms with E-state index in [-0.39, 0.29) is 17.9 Å². The molecule has 0 bridgehead atoms. The number of carbonyl (C=O) groups is 1. The molecule has 27 heavy (non-hydrogen) atoms. The van der Waals surface area contributed by atoms with Gasteiger partial charge < -0.3 is 14.7 Å². The van der Waals surface area contributed by atoms with Crippen LogP contribution in [0.4, 0.5) is 0 Å². The maximum Gasteiger partial charge on any atom is 0.229 e. The fourth-order valence-corrected chi connectivity index (χ4v) is 5.14. The van der Waals surface area contributed by atoms with Crippen LogP contribution in [0.5, 0.6) is 5.75 Å². The summed E-state index contributed by atoms with van der Waals surface area (Å²) in [6, 6.07) is 12.6. The summed E-state index contributed by atoms with van der Waals surface area (Å²) >= 11 is 0. The van der Waals surface area contributed by atoms with Gasteiger partial charge in [0.25, 0.3) is 0 Å². The zero-order valence-electron chi connectivity index (χ0n) is 16.4. The van der Waals surface area contributed by atoms with Crippen LogP contribution in [0.1, 0.15) is 44.1 Å². The molecule has 4 rings (SSSR count). The predicted molar refractivity (Wildman–Crippen MR) is 107 cm³/mol. The number of amides is 1. The van der Waals surface area contributed by atoms with Crippen LogP contribution in [0, 0.1) is 11.8 Å². The van der Waals surface area contributed by atoms with E-state index in [0.29, 0.717) is 17.9 Å². The third-order valence-electron chi connectivity index (χ3n) is 6.80. The van der Waals surface area contributed by atoms with Gasteiger partial charge in [0.05, 0.1) is 19.1 Å². The van der Waals surface area contributed by atoms with E-state index in [0.717, 1.165) is 47.8 Å². The summed E-state index contributed by atoms with van der Waals surface area (Å²) in [6.45, 7) is 2.00. The third kappa shape index (κ3) is 3.43. The Labute approximate surface area is 161 Å². The molecule has 2 fully saturated rings.